The van der Waals surface area contributed by atoms with E-state index in [1.54, 1.807) is 0 Å². The number of benzene rings is 2. The smallest absolute Gasteiger partial charge is 0.159 e. The van der Waals surface area contributed by atoms with Crippen molar-refractivity contribution in [1.29, 1.82) is 0 Å². The third-order valence-corrected chi connectivity index (χ3v) is 5.34. The molecule has 0 aliphatic heterocycles. The lowest BCUT2D eigenvalue weighted by Gasteiger charge is -2.11. The zero-order valence-electron chi connectivity index (χ0n) is 17.9. The molecule has 3 rings (SSSR count). The Hall–Kier alpha value is -2.68. The van der Waals surface area contributed by atoms with Gasteiger partial charge in [0.1, 0.15) is 5.75 Å². The van der Waals surface area contributed by atoms with E-state index in [2.05, 4.69) is 67.1 Å². The van der Waals surface area contributed by atoms with E-state index in [0.29, 0.717) is 5.92 Å². The van der Waals surface area contributed by atoms with Crippen LogP contribution >= 0.6 is 0 Å². The summed E-state index contributed by atoms with van der Waals surface area (Å²) in [4.78, 5) is 9.11. The molecule has 2 aromatic carbocycles. The van der Waals surface area contributed by atoms with Gasteiger partial charge >= 0.3 is 0 Å². The summed E-state index contributed by atoms with van der Waals surface area (Å²) >= 11 is 0. The van der Waals surface area contributed by atoms with Gasteiger partial charge in [-0.15, -0.1) is 0 Å². The summed E-state index contributed by atoms with van der Waals surface area (Å²) in [5.74, 6) is 2.29. The average molecular weight is 389 g/mol. The lowest BCUT2D eigenvalue weighted by atomic mass is 10.0. The van der Waals surface area contributed by atoms with E-state index >= 15 is 0 Å². The van der Waals surface area contributed by atoms with Crippen molar-refractivity contribution < 1.29 is 4.74 Å². The van der Waals surface area contributed by atoms with Gasteiger partial charge in [0.05, 0.1) is 6.61 Å². The number of nitrogens with zero attached hydrogens (tertiary/aromatic N) is 2. The quantitative estimate of drug-likeness (QED) is 0.352. The Morgan fingerprint density at radius 2 is 1.38 bits per heavy atom. The van der Waals surface area contributed by atoms with Crippen molar-refractivity contribution in [3.63, 3.8) is 0 Å². The zero-order chi connectivity index (χ0) is 20.5. The molecule has 3 heteroatoms. The summed E-state index contributed by atoms with van der Waals surface area (Å²) in [7, 11) is 0. The molecule has 1 atom stereocenters. The van der Waals surface area contributed by atoms with Gasteiger partial charge < -0.3 is 4.74 Å². The highest BCUT2D eigenvalue weighted by Crippen LogP contribution is 2.25. The fourth-order valence-electron chi connectivity index (χ4n) is 3.12. The van der Waals surface area contributed by atoms with Gasteiger partial charge in [-0.3, -0.25) is 0 Å². The lowest BCUT2D eigenvalue weighted by Crippen LogP contribution is -2.06. The molecule has 1 heterocycles. The molecule has 0 spiro atoms. The van der Waals surface area contributed by atoms with Gasteiger partial charge in [-0.05, 0) is 47.6 Å². The molecule has 0 aliphatic rings. The van der Waals surface area contributed by atoms with Gasteiger partial charge in [0.15, 0.2) is 5.82 Å². The van der Waals surface area contributed by atoms with Crippen LogP contribution < -0.4 is 4.74 Å². The predicted octanol–water partition coefficient (Wildman–Crippen LogP) is 6.97. The summed E-state index contributed by atoms with van der Waals surface area (Å²) < 4.78 is 5.85. The Labute approximate surface area is 175 Å². The van der Waals surface area contributed by atoms with Crippen LogP contribution in [0.4, 0.5) is 0 Å². The topological polar surface area (TPSA) is 35.0 Å². The molecule has 29 heavy (non-hydrogen) atoms. The Bertz CT molecular complexity index is 855. The highest BCUT2D eigenvalue weighted by Gasteiger charge is 2.05. The maximum atomic E-state index is 5.85. The van der Waals surface area contributed by atoms with E-state index in [1.165, 1.54) is 36.0 Å². The summed E-state index contributed by atoms with van der Waals surface area (Å²) in [5.41, 5.74) is 4.62. The van der Waals surface area contributed by atoms with Gasteiger partial charge in [0.25, 0.3) is 0 Å². The zero-order valence-corrected chi connectivity index (χ0v) is 17.9. The molecule has 0 amide bonds. The molecule has 152 valence electrons. The maximum Gasteiger partial charge on any atom is 0.159 e. The molecular weight excluding hydrogens is 356 g/mol. The van der Waals surface area contributed by atoms with Crippen molar-refractivity contribution >= 4 is 0 Å². The summed E-state index contributed by atoms with van der Waals surface area (Å²) in [6.45, 7) is 7.38. The van der Waals surface area contributed by atoms with Crippen LogP contribution in [0.2, 0.25) is 0 Å². The number of aromatic nitrogens is 2. The fourth-order valence-corrected chi connectivity index (χ4v) is 3.12. The fraction of sp³-hybridized carbons (Fsp3) is 0.385. The van der Waals surface area contributed by atoms with Crippen molar-refractivity contribution in [2.45, 2.75) is 52.9 Å². The molecule has 0 saturated carbocycles. The van der Waals surface area contributed by atoms with Crippen molar-refractivity contribution in [2.75, 3.05) is 6.61 Å². The Morgan fingerprint density at radius 3 is 1.97 bits per heavy atom. The highest BCUT2D eigenvalue weighted by molar-refractivity contribution is 5.68. The summed E-state index contributed by atoms with van der Waals surface area (Å²) in [6, 6.07) is 16.8. The third kappa shape index (κ3) is 6.15. The van der Waals surface area contributed by atoms with Crippen molar-refractivity contribution in [3.8, 4) is 28.3 Å². The van der Waals surface area contributed by atoms with Crippen LogP contribution in [0.1, 0.15) is 52.0 Å². The van der Waals surface area contributed by atoms with Gasteiger partial charge in [-0.1, -0.05) is 76.4 Å². The number of unbranched alkanes of at least 4 members (excludes halogenated alkanes) is 2. The summed E-state index contributed by atoms with van der Waals surface area (Å²) in [5, 5.41) is 0. The minimum atomic E-state index is 0.579. The Balaban J connectivity index is 1.62. The Kier molecular flexibility index (Phi) is 7.80. The largest absolute Gasteiger partial charge is 0.493 e. The van der Waals surface area contributed by atoms with Crippen LogP contribution in [0.3, 0.4) is 0 Å². The van der Waals surface area contributed by atoms with Crippen LogP contribution in [0.5, 0.6) is 5.75 Å². The molecule has 1 unspecified atom stereocenters. The molecule has 0 bridgehead atoms. The van der Waals surface area contributed by atoms with Crippen LogP contribution in [-0.4, -0.2) is 16.6 Å². The van der Waals surface area contributed by atoms with Crippen LogP contribution in [0.25, 0.3) is 22.5 Å². The monoisotopic (exact) mass is 388 g/mol. The number of ether oxygens (including phenoxy) is 1. The number of hydrogen-bond donors (Lipinski definition) is 0. The van der Waals surface area contributed by atoms with Gasteiger partial charge in [0, 0.05) is 18.0 Å². The van der Waals surface area contributed by atoms with E-state index in [0.717, 1.165) is 36.6 Å². The lowest BCUT2D eigenvalue weighted by molar-refractivity contribution is 0.256. The summed E-state index contributed by atoms with van der Waals surface area (Å²) in [6.07, 6.45) is 9.82. The molecule has 1 aromatic heterocycles. The molecule has 0 radical (unpaired) electrons. The van der Waals surface area contributed by atoms with Crippen LogP contribution in [0, 0.1) is 5.92 Å². The third-order valence-electron chi connectivity index (χ3n) is 5.34. The first-order valence-corrected chi connectivity index (χ1v) is 10.8. The Morgan fingerprint density at radius 1 is 0.793 bits per heavy atom. The van der Waals surface area contributed by atoms with Crippen LogP contribution in [-0.2, 0) is 6.42 Å². The van der Waals surface area contributed by atoms with E-state index in [9.17, 15) is 0 Å². The predicted molar refractivity (Wildman–Crippen MR) is 121 cm³/mol. The second-order valence-corrected chi connectivity index (χ2v) is 7.80. The number of hydrogen-bond acceptors (Lipinski definition) is 3. The molecule has 0 saturated heterocycles. The van der Waals surface area contributed by atoms with Crippen LogP contribution in [0.15, 0.2) is 60.9 Å². The van der Waals surface area contributed by atoms with Gasteiger partial charge in [0.2, 0.25) is 0 Å². The van der Waals surface area contributed by atoms with E-state index < -0.39 is 0 Å². The molecule has 3 nitrogen and oxygen atoms in total. The average Bonchev–Trinajstić information content (AvgIpc) is 2.78. The molecule has 0 N–H and O–H groups in total. The molecule has 0 aliphatic carbocycles. The van der Waals surface area contributed by atoms with E-state index in [1.807, 2.05) is 24.5 Å². The molecule has 0 fully saturated rings. The van der Waals surface area contributed by atoms with E-state index in [4.69, 9.17) is 4.74 Å². The second kappa shape index (κ2) is 10.8. The second-order valence-electron chi connectivity index (χ2n) is 7.80. The minimum Gasteiger partial charge on any atom is -0.493 e. The van der Waals surface area contributed by atoms with Gasteiger partial charge in [-0.25, -0.2) is 9.97 Å². The number of aryl methyl sites for hydroxylation is 1. The normalized spacial score (nSPS) is 12.0. The SMILES string of the molecule is CCCCCc1cnc(-c2ccc(-c3ccc(OCC(C)CC)cc3)cc2)nc1. The maximum absolute atomic E-state index is 5.85. The first kappa shape index (κ1) is 21.0. The van der Waals surface area contributed by atoms with Crippen molar-refractivity contribution in [3.05, 3.63) is 66.5 Å². The molecule has 3 aromatic rings. The van der Waals surface area contributed by atoms with E-state index in [-0.39, 0.29) is 0 Å². The van der Waals surface area contributed by atoms with Crippen molar-refractivity contribution in [2.24, 2.45) is 5.92 Å². The first-order valence-electron chi connectivity index (χ1n) is 10.8. The standard InChI is InChI=1S/C26H32N2O/c1-4-6-7-8-21-17-27-26(28-18-21)24-11-9-22(10-12-24)23-13-15-25(16-14-23)29-19-20(3)5-2/h9-18,20H,4-8,19H2,1-3H3. The number of rotatable bonds is 10. The first-order chi connectivity index (χ1) is 14.2. The van der Waals surface area contributed by atoms with Gasteiger partial charge in [-0.2, -0.15) is 0 Å². The minimum absolute atomic E-state index is 0.579. The highest BCUT2D eigenvalue weighted by atomic mass is 16.5. The molecular formula is C26H32N2O. The van der Waals surface area contributed by atoms with Crippen molar-refractivity contribution in [1.82, 2.24) is 9.97 Å².